The summed E-state index contributed by atoms with van der Waals surface area (Å²) in [6, 6.07) is 18.2. The van der Waals surface area contributed by atoms with Crippen molar-refractivity contribution in [2.45, 2.75) is 25.9 Å². The number of rotatable bonds is 6. The molecule has 1 atom stereocenters. The van der Waals surface area contributed by atoms with Crippen LogP contribution in [0.2, 0.25) is 5.02 Å². The smallest absolute Gasteiger partial charge is 0.257 e. The van der Waals surface area contributed by atoms with Gasteiger partial charge in [-0.2, -0.15) is 11.3 Å². The van der Waals surface area contributed by atoms with Crippen molar-refractivity contribution in [3.8, 4) is 11.3 Å². The molecule has 1 N–H and O–H groups in total. The van der Waals surface area contributed by atoms with Crippen molar-refractivity contribution in [1.82, 2.24) is 15.4 Å². The fourth-order valence-corrected chi connectivity index (χ4v) is 5.39. The lowest BCUT2D eigenvalue weighted by Crippen LogP contribution is -2.40. The van der Waals surface area contributed by atoms with Gasteiger partial charge in [-0.25, -0.2) is 0 Å². The van der Waals surface area contributed by atoms with Gasteiger partial charge in [0, 0.05) is 25.2 Å². The highest BCUT2D eigenvalue weighted by Crippen LogP contribution is 2.32. The normalized spacial score (nSPS) is 14.6. The van der Waals surface area contributed by atoms with Crippen LogP contribution in [0.4, 0.5) is 0 Å². The highest BCUT2D eigenvalue weighted by atomic mass is 35.5. The van der Waals surface area contributed by atoms with Crippen molar-refractivity contribution in [1.29, 1.82) is 0 Å². The summed E-state index contributed by atoms with van der Waals surface area (Å²) in [4.78, 5) is 15.8. The van der Waals surface area contributed by atoms with Crippen LogP contribution in [0.1, 0.15) is 38.9 Å². The second-order valence-electron chi connectivity index (χ2n) is 8.21. The largest absolute Gasteiger partial charge is 0.360 e. The molecule has 3 heterocycles. The third-order valence-electron chi connectivity index (χ3n) is 6.20. The number of aryl methyl sites for hydroxylation is 1. The topological polar surface area (TPSA) is 58.4 Å². The van der Waals surface area contributed by atoms with Crippen molar-refractivity contribution in [3.63, 3.8) is 0 Å². The molecule has 1 aliphatic rings. The number of halogens is 1. The van der Waals surface area contributed by atoms with Gasteiger partial charge in [0.05, 0.1) is 11.1 Å². The summed E-state index contributed by atoms with van der Waals surface area (Å²) in [6.07, 6.45) is 1.01. The zero-order valence-corrected chi connectivity index (χ0v) is 19.8. The van der Waals surface area contributed by atoms with Crippen molar-refractivity contribution in [2.24, 2.45) is 0 Å². The number of fused-ring (bicyclic) bond motifs is 1. The maximum atomic E-state index is 13.3. The number of amides is 1. The number of carbonyl (C=O) groups excluding carboxylic acids is 1. The minimum Gasteiger partial charge on any atom is -0.360 e. The van der Waals surface area contributed by atoms with Gasteiger partial charge in [0.2, 0.25) is 0 Å². The summed E-state index contributed by atoms with van der Waals surface area (Å²) in [5, 5.41) is 12.1. The molecule has 0 bridgehead atoms. The van der Waals surface area contributed by atoms with Gasteiger partial charge in [0.1, 0.15) is 17.0 Å². The minimum absolute atomic E-state index is 0.0810. The molecule has 0 radical (unpaired) electrons. The van der Waals surface area contributed by atoms with E-state index in [0.717, 1.165) is 19.5 Å². The Morgan fingerprint density at radius 3 is 2.76 bits per heavy atom. The van der Waals surface area contributed by atoms with E-state index in [9.17, 15) is 4.79 Å². The summed E-state index contributed by atoms with van der Waals surface area (Å²) >= 11 is 8.04. The Bertz CT molecular complexity index is 1270. The van der Waals surface area contributed by atoms with E-state index in [1.54, 1.807) is 24.3 Å². The van der Waals surface area contributed by atoms with Crippen LogP contribution in [0.25, 0.3) is 11.3 Å². The second-order valence-corrected chi connectivity index (χ2v) is 9.40. The highest BCUT2D eigenvalue weighted by Gasteiger charge is 2.28. The molecule has 1 amide bonds. The molecule has 0 fully saturated rings. The molecular formula is C26H24ClN3O2S. The van der Waals surface area contributed by atoms with E-state index in [2.05, 4.69) is 56.5 Å². The van der Waals surface area contributed by atoms with Crippen LogP contribution >= 0.6 is 22.9 Å². The third-order valence-corrected chi connectivity index (χ3v) is 7.23. The first-order valence-electron chi connectivity index (χ1n) is 10.9. The van der Waals surface area contributed by atoms with Crippen LogP contribution in [-0.2, 0) is 13.0 Å². The van der Waals surface area contributed by atoms with Gasteiger partial charge < -0.3 is 9.84 Å². The maximum absolute atomic E-state index is 13.3. The van der Waals surface area contributed by atoms with Gasteiger partial charge in [-0.15, -0.1) is 0 Å². The number of hydrogen-bond acceptors (Lipinski definition) is 5. The molecule has 33 heavy (non-hydrogen) atoms. The molecule has 2 aromatic heterocycles. The fourth-order valence-electron chi connectivity index (χ4n) is 4.46. The highest BCUT2D eigenvalue weighted by molar-refractivity contribution is 7.08. The Morgan fingerprint density at radius 2 is 1.97 bits per heavy atom. The molecule has 5 rings (SSSR count). The van der Waals surface area contributed by atoms with E-state index in [4.69, 9.17) is 16.1 Å². The van der Waals surface area contributed by atoms with Crippen LogP contribution in [0.15, 0.2) is 69.9 Å². The van der Waals surface area contributed by atoms with E-state index in [-0.39, 0.29) is 11.9 Å². The monoisotopic (exact) mass is 477 g/mol. The first-order valence-corrected chi connectivity index (χ1v) is 12.3. The summed E-state index contributed by atoms with van der Waals surface area (Å²) < 4.78 is 5.38. The summed E-state index contributed by atoms with van der Waals surface area (Å²) in [5.74, 6) is 0.266. The standard InChI is InChI=1S/C26H24ClN3O2S/c1-17-24(25(29-32-17)21-8-4-5-9-22(21)27)26(31)28-14-23(20-11-13-33-16-20)30-12-10-18-6-2-3-7-19(18)15-30/h2-9,11,13,16,23H,10,12,14-15H2,1H3,(H,28,31)/t23-/m1/s1. The van der Waals surface area contributed by atoms with E-state index < -0.39 is 0 Å². The van der Waals surface area contributed by atoms with Crippen molar-refractivity contribution in [3.05, 3.63) is 98.4 Å². The lowest BCUT2D eigenvalue weighted by molar-refractivity contribution is 0.0927. The first-order chi connectivity index (χ1) is 16.1. The van der Waals surface area contributed by atoms with Gasteiger partial charge in [0.25, 0.3) is 5.91 Å². The van der Waals surface area contributed by atoms with Crippen molar-refractivity contribution >= 4 is 28.8 Å². The van der Waals surface area contributed by atoms with Crippen LogP contribution in [0.5, 0.6) is 0 Å². The maximum Gasteiger partial charge on any atom is 0.257 e. The van der Waals surface area contributed by atoms with E-state index in [1.165, 1.54) is 16.7 Å². The van der Waals surface area contributed by atoms with Gasteiger partial charge in [-0.05, 0) is 52.9 Å². The lowest BCUT2D eigenvalue weighted by Gasteiger charge is -2.35. The molecule has 0 unspecified atom stereocenters. The van der Waals surface area contributed by atoms with Crippen molar-refractivity contribution in [2.75, 3.05) is 13.1 Å². The second kappa shape index (κ2) is 9.51. The number of thiophene rings is 1. The zero-order chi connectivity index (χ0) is 22.8. The van der Waals surface area contributed by atoms with Gasteiger partial charge in [-0.3, -0.25) is 9.69 Å². The summed E-state index contributed by atoms with van der Waals surface area (Å²) in [7, 11) is 0. The van der Waals surface area contributed by atoms with Gasteiger partial charge >= 0.3 is 0 Å². The molecule has 7 heteroatoms. The minimum atomic E-state index is -0.207. The molecule has 4 aromatic rings. The number of carbonyl (C=O) groups is 1. The van der Waals surface area contributed by atoms with Gasteiger partial charge in [0.15, 0.2) is 0 Å². The number of benzene rings is 2. The third kappa shape index (κ3) is 4.47. The summed E-state index contributed by atoms with van der Waals surface area (Å²) in [5.41, 5.74) is 5.56. The van der Waals surface area contributed by atoms with E-state index >= 15 is 0 Å². The Labute approximate surface area is 202 Å². The van der Waals surface area contributed by atoms with E-state index in [0.29, 0.717) is 34.1 Å². The van der Waals surface area contributed by atoms with Crippen LogP contribution < -0.4 is 5.32 Å². The Kier molecular flexibility index (Phi) is 6.31. The Hall–Kier alpha value is -2.93. The number of nitrogens with zero attached hydrogens (tertiary/aromatic N) is 2. The fraction of sp³-hybridized carbons (Fsp3) is 0.231. The molecule has 1 aliphatic heterocycles. The molecule has 0 aliphatic carbocycles. The average molecular weight is 478 g/mol. The molecule has 168 valence electrons. The van der Waals surface area contributed by atoms with Crippen molar-refractivity contribution < 1.29 is 9.32 Å². The number of aromatic nitrogens is 1. The van der Waals surface area contributed by atoms with Crippen LogP contribution in [0, 0.1) is 6.92 Å². The molecule has 0 saturated carbocycles. The molecular weight excluding hydrogens is 454 g/mol. The Balaban J connectivity index is 1.38. The SMILES string of the molecule is Cc1onc(-c2ccccc2Cl)c1C(=O)NC[C@H](c1ccsc1)N1CCc2ccccc2C1. The Morgan fingerprint density at radius 1 is 1.18 bits per heavy atom. The molecule has 2 aromatic carbocycles. The molecule has 5 nitrogen and oxygen atoms in total. The van der Waals surface area contributed by atoms with Gasteiger partial charge in [-0.1, -0.05) is 59.2 Å². The predicted octanol–water partition coefficient (Wildman–Crippen LogP) is 5.89. The summed E-state index contributed by atoms with van der Waals surface area (Å²) in [6.45, 7) is 4.05. The number of hydrogen-bond donors (Lipinski definition) is 1. The molecule has 0 spiro atoms. The van der Waals surface area contributed by atoms with E-state index in [1.807, 2.05) is 18.2 Å². The quantitative estimate of drug-likeness (QED) is 0.376. The van der Waals surface area contributed by atoms with Crippen LogP contribution in [-0.4, -0.2) is 29.1 Å². The zero-order valence-electron chi connectivity index (χ0n) is 18.3. The average Bonchev–Trinajstić information content (AvgIpc) is 3.49. The van der Waals surface area contributed by atoms with Crippen LogP contribution in [0.3, 0.4) is 0 Å². The predicted molar refractivity (Wildman–Crippen MR) is 132 cm³/mol. The molecule has 0 saturated heterocycles. The lowest BCUT2D eigenvalue weighted by atomic mass is 9.97. The number of nitrogens with one attached hydrogen (secondary N) is 1. The first kappa shape index (κ1) is 21.9.